The first-order valence-electron chi connectivity index (χ1n) is 7.52. The van der Waals surface area contributed by atoms with Crippen molar-refractivity contribution in [3.8, 4) is 0 Å². The Morgan fingerprint density at radius 2 is 2.26 bits per heavy atom. The summed E-state index contributed by atoms with van der Waals surface area (Å²) >= 11 is 2.27. The van der Waals surface area contributed by atoms with Crippen LogP contribution in [-0.4, -0.2) is 40.6 Å². The second-order valence-corrected chi connectivity index (χ2v) is 7.59. The number of nitrogens with one attached hydrogen (secondary N) is 1. The summed E-state index contributed by atoms with van der Waals surface area (Å²) in [6.45, 7) is 3.76. The zero-order chi connectivity index (χ0) is 16.4. The van der Waals surface area contributed by atoms with Crippen LogP contribution in [0.1, 0.15) is 31.6 Å². The molecule has 23 heavy (non-hydrogen) atoms. The van der Waals surface area contributed by atoms with Crippen LogP contribution < -0.4 is 11.1 Å². The quantitative estimate of drug-likeness (QED) is 0.489. The standard InChI is InChI=1S/C15H19IN4O3/c1-15(2)22-11-7(5-21)3-9(12(11)23-15)20-4-8(16)10-13(17)18-6-19-14(10)20/h3-4,6,9,11-13,21H,5,17H2,1-2H3,(H,18,19). The monoisotopic (exact) mass is 430 g/mol. The number of hydrogen-bond donors (Lipinski definition) is 3. The SMILES string of the molecule is CC1(C)OC2C(CO)=CC(n3cc(I)c4c3NC=NC4N)C2O1. The maximum Gasteiger partial charge on any atom is 0.164 e. The molecule has 4 N–H and O–H groups in total. The zero-order valence-electron chi connectivity index (χ0n) is 12.9. The number of aromatic nitrogens is 1. The van der Waals surface area contributed by atoms with Crippen LogP contribution in [0.5, 0.6) is 0 Å². The lowest BCUT2D eigenvalue weighted by molar-refractivity contribution is -0.148. The lowest BCUT2D eigenvalue weighted by atomic mass is 10.1. The lowest BCUT2D eigenvalue weighted by Gasteiger charge is -2.25. The van der Waals surface area contributed by atoms with E-state index in [0.717, 1.165) is 20.5 Å². The molecular formula is C15H19IN4O3. The fraction of sp³-hybridized carbons (Fsp3) is 0.533. The minimum absolute atomic E-state index is 0.0357. The summed E-state index contributed by atoms with van der Waals surface area (Å²) in [5.41, 5.74) is 7.93. The molecular weight excluding hydrogens is 411 g/mol. The van der Waals surface area contributed by atoms with Gasteiger partial charge in [-0.25, -0.2) is 0 Å². The van der Waals surface area contributed by atoms with Gasteiger partial charge in [0.15, 0.2) is 5.79 Å². The van der Waals surface area contributed by atoms with Gasteiger partial charge in [-0.05, 0) is 42.0 Å². The number of ether oxygens (including phenoxy) is 2. The molecule has 0 amide bonds. The van der Waals surface area contributed by atoms with Crippen LogP contribution in [0.25, 0.3) is 0 Å². The second-order valence-electron chi connectivity index (χ2n) is 6.42. The van der Waals surface area contributed by atoms with Gasteiger partial charge in [0.2, 0.25) is 0 Å². The van der Waals surface area contributed by atoms with Crippen molar-refractivity contribution in [2.75, 3.05) is 11.9 Å². The molecule has 8 heteroatoms. The number of fused-ring (bicyclic) bond motifs is 2. The highest BCUT2D eigenvalue weighted by atomic mass is 127. The summed E-state index contributed by atoms with van der Waals surface area (Å²) in [4.78, 5) is 4.20. The molecule has 4 atom stereocenters. The first-order valence-corrected chi connectivity index (χ1v) is 8.60. The smallest absolute Gasteiger partial charge is 0.164 e. The molecule has 0 aromatic carbocycles. The minimum atomic E-state index is -0.659. The third-order valence-electron chi connectivity index (χ3n) is 4.47. The molecule has 3 heterocycles. The Labute approximate surface area is 147 Å². The third kappa shape index (κ3) is 2.35. The Morgan fingerprint density at radius 1 is 1.48 bits per heavy atom. The van der Waals surface area contributed by atoms with Gasteiger partial charge in [-0.15, -0.1) is 0 Å². The molecule has 1 aromatic rings. The average Bonchev–Trinajstić information content (AvgIpc) is 3.08. The number of aliphatic hydroxyl groups is 1. The van der Waals surface area contributed by atoms with Crippen LogP contribution >= 0.6 is 22.6 Å². The van der Waals surface area contributed by atoms with Crippen LogP contribution in [0, 0.1) is 3.57 Å². The topological polar surface area (TPSA) is 94.0 Å². The summed E-state index contributed by atoms with van der Waals surface area (Å²) < 4.78 is 15.2. The number of hydrogen-bond acceptors (Lipinski definition) is 6. The molecule has 4 rings (SSSR count). The third-order valence-corrected chi connectivity index (χ3v) is 5.33. The predicted molar refractivity (Wildman–Crippen MR) is 94.2 cm³/mol. The Morgan fingerprint density at radius 3 is 3.00 bits per heavy atom. The molecule has 0 spiro atoms. The van der Waals surface area contributed by atoms with Gasteiger partial charge in [-0.2, -0.15) is 0 Å². The number of halogens is 1. The van der Waals surface area contributed by atoms with E-state index >= 15 is 0 Å². The zero-order valence-corrected chi connectivity index (χ0v) is 15.0. The molecule has 124 valence electrons. The van der Waals surface area contributed by atoms with Crippen molar-refractivity contribution in [2.24, 2.45) is 10.7 Å². The summed E-state index contributed by atoms with van der Waals surface area (Å²) in [7, 11) is 0. The highest BCUT2D eigenvalue weighted by Crippen LogP contribution is 2.45. The van der Waals surface area contributed by atoms with Gasteiger partial charge in [0.1, 0.15) is 24.2 Å². The van der Waals surface area contributed by atoms with Gasteiger partial charge in [0.05, 0.1) is 19.0 Å². The van der Waals surface area contributed by atoms with Gasteiger partial charge in [-0.3, -0.25) is 4.99 Å². The highest BCUT2D eigenvalue weighted by Gasteiger charge is 2.50. The number of aliphatic imine (C=N–C) groups is 1. The Kier molecular flexibility index (Phi) is 3.58. The van der Waals surface area contributed by atoms with Crippen LogP contribution in [0.3, 0.4) is 0 Å². The van der Waals surface area contributed by atoms with Crippen LogP contribution in [0.4, 0.5) is 5.82 Å². The molecule has 2 aliphatic heterocycles. The van der Waals surface area contributed by atoms with E-state index in [0.29, 0.717) is 0 Å². The maximum absolute atomic E-state index is 9.66. The van der Waals surface area contributed by atoms with E-state index < -0.39 is 5.79 Å². The first-order chi connectivity index (χ1) is 10.9. The van der Waals surface area contributed by atoms with E-state index in [9.17, 15) is 5.11 Å². The number of anilines is 1. The van der Waals surface area contributed by atoms with Crippen molar-refractivity contribution in [2.45, 2.75) is 44.1 Å². The van der Waals surface area contributed by atoms with Crippen molar-refractivity contribution in [3.63, 3.8) is 0 Å². The van der Waals surface area contributed by atoms with Crippen molar-refractivity contribution < 1.29 is 14.6 Å². The largest absolute Gasteiger partial charge is 0.392 e. The van der Waals surface area contributed by atoms with Crippen LogP contribution in [-0.2, 0) is 9.47 Å². The molecule has 0 saturated carbocycles. The Balaban J connectivity index is 1.77. The van der Waals surface area contributed by atoms with E-state index in [1.54, 1.807) is 6.34 Å². The summed E-state index contributed by atoms with van der Waals surface area (Å²) in [6.07, 6.45) is 4.94. The molecule has 1 fully saturated rings. The summed E-state index contributed by atoms with van der Waals surface area (Å²) in [5, 5.41) is 12.9. The van der Waals surface area contributed by atoms with Crippen molar-refractivity contribution in [3.05, 3.63) is 27.0 Å². The molecule has 7 nitrogen and oxygen atoms in total. The van der Waals surface area contributed by atoms with Crippen molar-refractivity contribution >= 4 is 34.7 Å². The van der Waals surface area contributed by atoms with E-state index in [2.05, 4.69) is 37.5 Å². The normalized spacial score (nSPS) is 34.0. The minimum Gasteiger partial charge on any atom is -0.392 e. The average molecular weight is 430 g/mol. The number of nitrogens with zero attached hydrogens (tertiary/aromatic N) is 2. The fourth-order valence-electron chi connectivity index (χ4n) is 3.55. The van der Waals surface area contributed by atoms with Crippen LogP contribution in [0.15, 0.2) is 22.8 Å². The Bertz CT molecular complexity index is 712. The molecule has 1 saturated heterocycles. The Hall–Kier alpha value is -0.940. The molecule has 1 aromatic heterocycles. The lowest BCUT2D eigenvalue weighted by Crippen LogP contribution is -2.29. The molecule has 3 aliphatic rings. The van der Waals surface area contributed by atoms with Gasteiger partial charge in [0.25, 0.3) is 0 Å². The fourth-order valence-corrected chi connectivity index (χ4v) is 4.42. The number of nitrogens with two attached hydrogens (primary N) is 1. The predicted octanol–water partition coefficient (Wildman–Crippen LogP) is 1.50. The van der Waals surface area contributed by atoms with E-state index in [4.69, 9.17) is 15.2 Å². The first kappa shape index (κ1) is 15.6. The number of rotatable bonds is 2. The maximum atomic E-state index is 9.66. The van der Waals surface area contributed by atoms with E-state index in [-0.39, 0.29) is 31.0 Å². The van der Waals surface area contributed by atoms with Gasteiger partial charge in [0, 0.05) is 15.3 Å². The van der Waals surface area contributed by atoms with Crippen molar-refractivity contribution in [1.82, 2.24) is 4.57 Å². The molecule has 0 bridgehead atoms. The highest BCUT2D eigenvalue weighted by molar-refractivity contribution is 14.1. The van der Waals surface area contributed by atoms with Gasteiger partial charge >= 0.3 is 0 Å². The second kappa shape index (κ2) is 5.28. The summed E-state index contributed by atoms with van der Waals surface area (Å²) in [6, 6.07) is -0.0626. The van der Waals surface area contributed by atoms with Gasteiger partial charge in [-0.1, -0.05) is 6.08 Å². The number of aliphatic hydroxyl groups excluding tert-OH is 1. The van der Waals surface area contributed by atoms with E-state index in [1.165, 1.54) is 0 Å². The van der Waals surface area contributed by atoms with E-state index in [1.807, 2.05) is 26.1 Å². The van der Waals surface area contributed by atoms with Crippen LogP contribution in [0.2, 0.25) is 0 Å². The molecule has 1 aliphatic carbocycles. The summed E-state index contributed by atoms with van der Waals surface area (Å²) in [5.74, 6) is 0.262. The molecule has 0 radical (unpaired) electrons. The van der Waals surface area contributed by atoms with Crippen molar-refractivity contribution in [1.29, 1.82) is 0 Å². The van der Waals surface area contributed by atoms with Gasteiger partial charge < -0.3 is 30.2 Å². The molecule has 4 unspecified atom stereocenters.